The third-order valence-corrected chi connectivity index (χ3v) is 4.81. The van der Waals surface area contributed by atoms with Crippen molar-refractivity contribution in [1.29, 1.82) is 0 Å². The lowest BCUT2D eigenvalue weighted by Gasteiger charge is -2.32. The Balaban J connectivity index is 1.63. The van der Waals surface area contributed by atoms with Crippen molar-refractivity contribution < 1.29 is 14.3 Å². The zero-order valence-electron chi connectivity index (χ0n) is 15.7. The number of hydrogen-bond acceptors (Lipinski definition) is 4. The second kappa shape index (κ2) is 9.33. The number of likely N-dealkylation sites (tertiary alicyclic amines) is 1. The van der Waals surface area contributed by atoms with E-state index in [4.69, 9.17) is 4.74 Å². The lowest BCUT2D eigenvalue weighted by molar-refractivity contribution is -0.121. The van der Waals surface area contributed by atoms with Crippen LogP contribution in [0.1, 0.15) is 35.7 Å². The third-order valence-electron chi connectivity index (χ3n) is 4.81. The molecule has 0 saturated carbocycles. The Bertz CT molecular complexity index is 776. The van der Waals surface area contributed by atoms with Gasteiger partial charge in [0.1, 0.15) is 0 Å². The molecule has 5 nitrogen and oxygen atoms in total. The van der Waals surface area contributed by atoms with Gasteiger partial charge in [-0.2, -0.15) is 0 Å². The molecule has 0 aliphatic carbocycles. The number of para-hydroxylation sites is 1. The summed E-state index contributed by atoms with van der Waals surface area (Å²) in [6.07, 6.45) is 1.85. The summed E-state index contributed by atoms with van der Waals surface area (Å²) in [5.74, 6) is -0.537. The summed E-state index contributed by atoms with van der Waals surface area (Å²) >= 11 is 0. The first-order valence-corrected chi connectivity index (χ1v) is 9.50. The molecule has 2 aromatic rings. The SMILES string of the molecule is CCOC(=O)c1ccccc1NC(=O)C1CCCN(Cc2ccccc2)C1. The van der Waals surface area contributed by atoms with Gasteiger partial charge in [-0.3, -0.25) is 9.69 Å². The van der Waals surface area contributed by atoms with Crippen molar-refractivity contribution in [2.24, 2.45) is 5.92 Å². The first kappa shape index (κ1) is 19.1. The molecule has 1 amide bonds. The molecule has 0 aromatic heterocycles. The zero-order chi connectivity index (χ0) is 19.1. The smallest absolute Gasteiger partial charge is 0.340 e. The molecular formula is C22H26N2O3. The molecule has 27 heavy (non-hydrogen) atoms. The summed E-state index contributed by atoms with van der Waals surface area (Å²) in [5.41, 5.74) is 2.16. The number of nitrogens with zero attached hydrogens (tertiary/aromatic N) is 1. The second-order valence-electron chi connectivity index (χ2n) is 6.82. The number of amides is 1. The molecule has 0 bridgehead atoms. The molecule has 1 heterocycles. The third kappa shape index (κ3) is 5.17. The maximum atomic E-state index is 12.8. The first-order valence-electron chi connectivity index (χ1n) is 9.50. The van der Waals surface area contributed by atoms with E-state index in [0.29, 0.717) is 17.9 Å². The van der Waals surface area contributed by atoms with E-state index >= 15 is 0 Å². The van der Waals surface area contributed by atoms with Crippen LogP contribution in [0.2, 0.25) is 0 Å². The molecule has 5 heteroatoms. The molecule has 1 fully saturated rings. The van der Waals surface area contributed by atoms with Crippen LogP contribution >= 0.6 is 0 Å². The number of ether oxygens (including phenoxy) is 1. The van der Waals surface area contributed by atoms with Gasteiger partial charge in [0.05, 0.1) is 23.8 Å². The van der Waals surface area contributed by atoms with Gasteiger partial charge in [-0.15, -0.1) is 0 Å². The molecule has 0 radical (unpaired) electrons. The maximum absolute atomic E-state index is 12.8. The number of anilines is 1. The van der Waals surface area contributed by atoms with Gasteiger partial charge in [-0.25, -0.2) is 4.79 Å². The average Bonchev–Trinajstić information content (AvgIpc) is 2.69. The average molecular weight is 366 g/mol. The molecule has 2 aromatic carbocycles. The zero-order valence-corrected chi connectivity index (χ0v) is 15.7. The highest BCUT2D eigenvalue weighted by molar-refractivity contribution is 6.01. The lowest BCUT2D eigenvalue weighted by Crippen LogP contribution is -2.40. The topological polar surface area (TPSA) is 58.6 Å². The van der Waals surface area contributed by atoms with E-state index in [9.17, 15) is 9.59 Å². The summed E-state index contributed by atoms with van der Waals surface area (Å²) < 4.78 is 5.08. The Kier molecular flexibility index (Phi) is 6.60. The summed E-state index contributed by atoms with van der Waals surface area (Å²) in [7, 11) is 0. The lowest BCUT2D eigenvalue weighted by atomic mass is 9.96. The largest absolute Gasteiger partial charge is 0.462 e. The Hall–Kier alpha value is -2.66. The Morgan fingerprint density at radius 1 is 1.11 bits per heavy atom. The number of nitrogens with one attached hydrogen (secondary N) is 1. The van der Waals surface area contributed by atoms with Crippen molar-refractivity contribution in [2.75, 3.05) is 25.0 Å². The van der Waals surface area contributed by atoms with Gasteiger partial charge in [0, 0.05) is 13.1 Å². The monoisotopic (exact) mass is 366 g/mol. The minimum atomic E-state index is -0.414. The van der Waals surface area contributed by atoms with Crippen molar-refractivity contribution in [3.63, 3.8) is 0 Å². The van der Waals surface area contributed by atoms with Crippen molar-refractivity contribution in [3.05, 3.63) is 65.7 Å². The highest BCUT2D eigenvalue weighted by Crippen LogP contribution is 2.22. The van der Waals surface area contributed by atoms with Crippen LogP contribution in [0.5, 0.6) is 0 Å². The molecule has 1 saturated heterocycles. The molecule has 1 aliphatic rings. The van der Waals surface area contributed by atoms with Gasteiger partial charge in [-0.1, -0.05) is 42.5 Å². The van der Waals surface area contributed by atoms with Crippen molar-refractivity contribution in [1.82, 2.24) is 4.90 Å². The molecular weight excluding hydrogens is 340 g/mol. The van der Waals surface area contributed by atoms with Crippen LogP contribution in [-0.4, -0.2) is 36.5 Å². The fourth-order valence-electron chi connectivity index (χ4n) is 3.47. The van der Waals surface area contributed by atoms with Gasteiger partial charge >= 0.3 is 5.97 Å². The number of hydrogen-bond donors (Lipinski definition) is 1. The Morgan fingerprint density at radius 2 is 1.85 bits per heavy atom. The predicted octanol–water partition coefficient (Wildman–Crippen LogP) is 3.71. The number of piperidine rings is 1. The first-order chi connectivity index (χ1) is 13.2. The van der Waals surface area contributed by atoms with E-state index in [0.717, 1.165) is 32.5 Å². The van der Waals surface area contributed by atoms with Crippen LogP contribution < -0.4 is 5.32 Å². The van der Waals surface area contributed by atoms with Crippen LogP contribution in [0.4, 0.5) is 5.69 Å². The van der Waals surface area contributed by atoms with Crippen molar-refractivity contribution in [2.45, 2.75) is 26.3 Å². The Morgan fingerprint density at radius 3 is 2.63 bits per heavy atom. The minimum Gasteiger partial charge on any atom is -0.462 e. The van der Waals surface area contributed by atoms with Crippen molar-refractivity contribution >= 4 is 17.6 Å². The molecule has 1 unspecified atom stereocenters. The van der Waals surface area contributed by atoms with Crippen LogP contribution in [-0.2, 0) is 16.1 Å². The molecule has 142 valence electrons. The van der Waals surface area contributed by atoms with Crippen LogP contribution in [0.25, 0.3) is 0 Å². The highest BCUT2D eigenvalue weighted by atomic mass is 16.5. The summed E-state index contributed by atoms with van der Waals surface area (Å²) in [4.78, 5) is 27.2. The number of carbonyl (C=O) groups excluding carboxylic acids is 2. The van der Waals surface area contributed by atoms with Crippen LogP contribution in [0.3, 0.4) is 0 Å². The van der Waals surface area contributed by atoms with Gasteiger partial charge in [0.2, 0.25) is 5.91 Å². The maximum Gasteiger partial charge on any atom is 0.340 e. The summed E-state index contributed by atoms with van der Waals surface area (Å²) in [6, 6.07) is 17.3. The summed E-state index contributed by atoms with van der Waals surface area (Å²) in [6.45, 7) is 4.64. The normalized spacial score (nSPS) is 17.3. The minimum absolute atomic E-state index is 0.0375. The van der Waals surface area contributed by atoms with E-state index in [2.05, 4.69) is 22.3 Å². The van der Waals surface area contributed by atoms with Gasteiger partial charge in [0.15, 0.2) is 0 Å². The highest BCUT2D eigenvalue weighted by Gasteiger charge is 2.26. The molecule has 1 aliphatic heterocycles. The number of rotatable bonds is 6. The molecule has 1 atom stereocenters. The van der Waals surface area contributed by atoms with Gasteiger partial charge in [0.25, 0.3) is 0 Å². The van der Waals surface area contributed by atoms with Gasteiger partial charge < -0.3 is 10.1 Å². The fraction of sp³-hybridized carbons (Fsp3) is 0.364. The quantitative estimate of drug-likeness (QED) is 0.792. The van der Waals surface area contributed by atoms with Crippen LogP contribution in [0, 0.1) is 5.92 Å². The second-order valence-corrected chi connectivity index (χ2v) is 6.82. The van der Waals surface area contributed by atoms with E-state index in [-0.39, 0.29) is 11.8 Å². The van der Waals surface area contributed by atoms with Crippen molar-refractivity contribution in [3.8, 4) is 0 Å². The van der Waals surface area contributed by atoms with Gasteiger partial charge in [-0.05, 0) is 44.0 Å². The standard InChI is InChI=1S/C22H26N2O3/c1-2-27-22(26)19-12-6-7-13-20(19)23-21(25)18-11-8-14-24(16-18)15-17-9-4-3-5-10-17/h3-7,9-10,12-13,18H,2,8,11,14-16H2,1H3,(H,23,25). The number of esters is 1. The van der Waals surface area contributed by atoms with E-state index in [1.807, 2.05) is 18.2 Å². The van der Waals surface area contributed by atoms with E-state index < -0.39 is 5.97 Å². The Labute approximate surface area is 160 Å². The molecule has 3 rings (SSSR count). The number of carbonyl (C=O) groups is 2. The van der Waals surface area contributed by atoms with E-state index in [1.165, 1.54) is 5.56 Å². The number of benzene rings is 2. The fourth-order valence-corrected chi connectivity index (χ4v) is 3.47. The summed E-state index contributed by atoms with van der Waals surface area (Å²) in [5, 5.41) is 2.94. The van der Waals surface area contributed by atoms with Crippen LogP contribution in [0.15, 0.2) is 54.6 Å². The molecule has 0 spiro atoms. The molecule has 1 N–H and O–H groups in total. The predicted molar refractivity (Wildman–Crippen MR) is 105 cm³/mol. The van der Waals surface area contributed by atoms with E-state index in [1.54, 1.807) is 31.2 Å².